The molecule has 106 valence electrons. The van der Waals surface area contributed by atoms with E-state index in [4.69, 9.17) is 0 Å². The fourth-order valence-corrected chi connectivity index (χ4v) is 3.89. The normalized spacial score (nSPS) is 11.8. The Bertz CT molecular complexity index is 804. The summed E-state index contributed by atoms with van der Waals surface area (Å²) in [6.07, 6.45) is 0. The number of halogens is 1. The summed E-state index contributed by atoms with van der Waals surface area (Å²) in [5.74, 6) is -0.217. The average molecular weight is 380 g/mol. The Kier molecular flexibility index (Phi) is 4.14. The molecule has 3 rings (SSSR count). The molecular formula is C14H10BrN3OS2. The van der Waals surface area contributed by atoms with Gasteiger partial charge in [0.2, 0.25) is 0 Å². The van der Waals surface area contributed by atoms with Crippen LogP contribution in [0.25, 0.3) is 10.2 Å². The molecule has 7 heteroatoms. The van der Waals surface area contributed by atoms with Crippen molar-refractivity contribution in [2.45, 2.75) is 6.92 Å². The first-order chi connectivity index (χ1) is 10.1. The summed E-state index contributed by atoms with van der Waals surface area (Å²) in [5.41, 5.74) is 4.20. The van der Waals surface area contributed by atoms with Gasteiger partial charge in [0.15, 0.2) is 0 Å². The number of carbonyl (C=O) groups is 1. The van der Waals surface area contributed by atoms with Gasteiger partial charge in [-0.25, -0.2) is 10.4 Å². The molecule has 1 N–H and O–H groups in total. The fourth-order valence-electron chi connectivity index (χ4n) is 1.70. The Morgan fingerprint density at radius 3 is 2.76 bits per heavy atom. The van der Waals surface area contributed by atoms with Crippen LogP contribution < -0.4 is 5.43 Å². The summed E-state index contributed by atoms with van der Waals surface area (Å²) in [6.45, 7) is 1.84. The van der Waals surface area contributed by atoms with Crippen molar-refractivity contribution in [3.05, 3.63) is 50.1 Å². The van der Waals surface area contributed by atoms with E-state index in [9.17, 15) is 4.79 Å². The topological polar surface area (TPSA) is 54.4 Å². The molecule has 0 fully saturated rings. The van der Waals surface area contributed by atoms with E-state index in [0.717, 1.165) is 19.0 Å². The van der Waals surface area contributed by atoms with Gasteiger partial charge in [-0.15, -0.1) is 22.7 Å². The summed E-state index contributed by atoms with van der Waals surface area (Å²) >= 11 is 6.26. The number of hydrogen-bond donors (Lipinski definition) is 1. The number of hydrazone groups is 1. The predicted octanol–water partition coefficient (Wildman–Crippen LogP) is 4.27. The molecule has 2 aromatic heterocycles. The van der Waals surface area contributed by atoms with Gasteiger partial charge >= 0.3 is 0 Å². The maximum absolute atomic E-state index is 11.9. The van der Waals surface area contributed by atoms with Gasteiger partial charge < -0.3 is 0 Å². The minimum absolute atomic E-state index is 0.217. The van der Waals surface area contributed by atoms with E-state index < -0.39 is 0 Å². The lowest BCUT2D eigenvalue weighted by Gasteiger charge is -1.98. The van der Waals surface area contributed by atoms with Crippen LogP contribution in [0.2, 0.25) is 0 Å². The van der Waals surface area contributed by atoms with Crippen molar-refractivity contribution in [1.82, 2.24) is 10.4 Å². The second kappa shape index (κ2) is 6.05. The summed E-state index contributed by atoms with van der Waals surface area (Å²) in [7, 11) is 0. The van der Waals surface area contributed by atoms with E-state index >= 15 is 0 Å². The molecule has 3 aromatic rings. The Labute approximate surface area is 137 Å². The molecular weight excluding hydrogens is 370 g/mol. The first-order valence-corrected chi connectivity index (χ1v) is 8.52. The molecule has 0 aliphatic rings. The van der Waals surface area contributed by atoms with Crippen molar-refractivity contribution in [3.63, 3.8) is 0 Å². The number of para-hydroxylation sites is 1. The molecule has 0 saturated carbocycles. The van der Waals surface area contributed by atoms with Crippen LogP contribution in [0.4, 0.5) is 0 Å². The van der Waals surface area contributed by atoms with Crippen molar-refractivity contribution >= 4 is 60.4 Å². The van der Waals surface area contributed by atoms with E-state index in [1.807, 2.05) is 37.3 Å². The number of thiazole rings is 1. The molecule has 1 amide bonds. The second-order valence-electron chi connectivity index (χ2n) is 4.23. The number of hydrogen-bond acceptors (Lipinski definition) is 5. The number of amides is 1. The number of aromatic nitrogens is 1. The Hall–Kier alpha value is -1.57. The van der Waals surface area contributed by atoms with Crippen LogP contribution in [0.1, 0.15) is 21.6 Å². The molecule has 0 atom stereocenters. The van der Waals surface area contributed by atoms with Gasteiger partial charge in [-0.3, -0.25) is 4.79 Å². The van der Waals surface area contributed by atoms with Gasteiger partial charge in [0, 0.05) is 0 Å². The van der Waals surface area contributed by atoms with Crippen molar-refractivity contribution in [1.29, 1.82) is 0 Å². The predicted molar refractivity (Wildman–Crippen MR) is 91.3 cm³/mol. The maximum atomic E-state index is 11.9. The molecule has 0 aliphatic heterocycles. The lowest BCUT2D eigenvalue weighted by molar-refractivity contribution is 0.0959. The van der Waals surface area contributed by atoms with Crippen LogP contribution in [0, 0.1) is 0 Å². The quantitative estimate of drug-likeness (QED) is 0.545. The third-order valence-corrected chi connectivity index (χ3v) is 5.49. The zero-order valence-corrected chi connectivity index (χ0v) is 14.2. The maximum Gasteiger partial charge on any atom is 0.281 e. The van der Waals surface area contributed by atoms with E-state index in [1.54, 1.807) is 17.4 Å². The lowest BCUT2D eigenvalue weighted by atomic mass is 10.3. The number of fused-ring (bicyclic) bond motifs is 1. The zero-order chi connectivity index (χ0) is 14.8. The van der Waals surface area contributed by atoms with Crippen LogP contribution in [-0.4, -0.2) is 16.6 Å². The van der Waals surface area contributed by atoms with Gasteiger partial charge in [-0.2, -0.15) is 5.10 Å². The second-order valence-corrected chi connectivity index (χ2v) is 7.72. The highest BCUT2D eigenvalue weighted by Gasteiger charge is 2.09. The number of rotatable bonds is 3. The number of benzene rings is 1. The molecule has 0 saturated heterocycles. The first-order valence-electron chi connectivity index (χ1n) is 6.09. The summed E-state index contributed by atoms with van der Waals surface area (Å²) in [4.78, 5) is 17.0. The largest absolute Gasteiger partial charge is 0.281 e. The number of nitrogens with one attached hydrogen (secondary N) is 1. The van der Waals surface area contributed by atoms with E-state index in [-0.39, 0.29) is 5.91 Å². The van der Waals surface area contributed by atoms with Gasteiger partial charge in [0.1, 0.15) is 5.01 Å². The summed E-state index contributed by atoms with van der Waals surface area (Å²) in [6, 6.07) is 11.5. The van der Waals surface area contributed by atoms with Crippen molar-refractivity contribution in [3.8, 4) is 0 Å². The Morgan fingerprint density at radius 2 is 2.05 bits per heavy atom. The van der Waals surface area contributed by atoms with Crippen LogP contribution in [0.15, 0.2) is 45.3 Å². The van der Waals surface area contributed by atoms with Crippen LogP contribution in [-0.2, 0) is 0 Å². The zero-order valence-electron chi connectivity index (χ0n) is 11.0. The fraction of sp³-hybridized carbons (Fsp3) is 0.0714. The monoisotopic (exact) mass is 379 g/mol. The standard InChI is InChI=1S/C14H10BrN3OS2/c1-8(14-16-9-4-2-3-5-10(9)21-14)17-18-13(19)11-6-7-12(15)20-11/h2-7H,1H3,(H,18,19)/b17-8-. The van der Waals surface area contributed by atoms with Crippen LogP contribution in [0.3, 0.4) is 0 Å². The average Bonchev–Trinajstić information content (AvgIpc) is 3.10. The Balaban J connectivity index is 1.78. The highest BCUT2D eigenvalue weighted by Crippen LogP contribution is 2.23. The third kappa shape index (κ3) is 3.20. The van der Waals surface area contributed by atoms with Gasteiger partial charge in [0.05, 0.1) is 24.6 Å². The van der Waals surface area contributed by atoms with Gasteiger partial charge in [-0.1, -0.05) is 12.1 Å². The van der Waals surface area contributed by atoms with E-state index in [0.29, 0.717) is 10.6 Å². The molecule has 21 heavy (non-hydrogen) atoms. The molecule has 0 radical (unpaired) electrons. The molecule has 0 unspecified atom stereocenters. The SMILES string of the molecule is C/C(=N/NC(=O)c1ccc(Br)s1)c1nc2ccccc2s1. The Morgan fingerprint density at radius 1 is 1.24 bits per heavy atom. The van der Waals surface area contributed by atoms with Crippen molar-refractivity contribution < 1.29 is 4.79 Å². The molecule has 1 aromatic carbocycles. The molecule has 2 heterocycles. The van der Waals surface area contributed by atoms with E-state index in [1.165, 1.54) is 11.3 Å². The van der Waals surface area contributed by atoms with E-state index in [2.05, 4.69) is 31.4 Å². The highest BCUT2D eigenvalue weighted by molar-refractivity contribution is 9.11. The minimum atomic E-state index is -0.217. The first kappa shape index (κ1) is 14.4. The molecule has 4 nitrogen and oxygen atoms in total. The third-order valence-electron chi connectivity index (χ3n) is 2.73. The van der Waals surface area contributed by atoms with Gasteiger partial charge in [0.25, 0.3) is 5.91 Å². The molecule has 0 aliphatic carbocycles. The molecule has 0 spiro atoms. The number of thiophene rings is 1. The summed E-state index contributed by atoms with van der Waals surface area (Å²) < 4.78 is 2.02. The molecule has 0 bridgehead atoms. The number of carbonyl (C=O) groups excluding carboxylic acids is 1. The van der Waals surface area contributed by atoms with Crippen molar-refractivity contribution in [2.24, 2.45) is 5.10 Å². The van der Waals surface area contributed by atoms with Gasteiger partial charge in [-0.05, 0) is 47.1 Å². The lowest BCUT2D eigenvalue weighted by Crippen LogP contribution is -2.18. The minimum Gasteiger partial charge on any atom is -0.266 e. The number of nitrogens with zero attached hydrogens (tertiary/aromatic N) is 2. The van der Waals surface area contributed by atoms with Crippen molar-refractivity contribution in [2.75, 3.05) is 0 Å². The van der Waals surface area contributed by atoms with Crippen LogP contribution in [0.5, 0.6) is 0 Å². The summed E-state index contributed by atoms with van der Waals surface area (Å²) in [5, 5.41) is 4.94. The highest BCUT2D eigenvalue weighted by atomic mass is 79.9. The van der Waals surface area contributed by atoms with Crippen LogP contribution >= 0.6 is 38.6 Å². The smallest absolute Gasteiger partial charge is 0.266 e.